The maximum absolute atomic E-state index is 15.0. The number of hydrogen-bond donors (Lipinski definition) is 2. The van der Waals surface area contributed by atoms with E-state index in [1.165, 1.54) is 30.5 Å². The van der Waals surface area contributed by atoms with Crippen molar-refractivity contribution in [2.45, 2.75) is 70.3 Å². The van der Waals surface area contributed by atoms with E-state index >= 15 is 0 Å². The number of likely N-dealkylation sites (N-methyl/N-ethyl adjacent to an activating group) is 1. The summed E-state index contributed by atoms with van der Waals surface area (Å²) >= 11 is 0. The van der Waals surface area contributed by atoms with Crippen molar-refractivity contribution in [2.24, 2.45) is 0 Å². The number of urea groups is 1. The lowest BCUT2D eigenvalue weighted by Gasteiger charge is -2.39. The predicted octanol–water partition coefficient (Wildman–Crippen LogP) is 3.56. The Bertz CT molecular complexity index is 1160. The van der Waals surface area contributed by atoms with E-state index in [0.29, 0.717) is 31.0 Å². The number of aromatic nitrogens is 4. The molecule has 4 heterocycles. The Morgan fingerprint density at radius 2 is 1.95 bits per heavy atom. The van der Waals surface area contributed by atoms with Gasteiger partial charge in [0.15, 0.2) is 5.82 Å². The molecule has 0 unspecified atom stereocenters. The molecule has 2 aromatic heterocycles. The van der Waals surface area contributed by atoms with E-state index in [1.807, 2.05) is 6.92 Å². The van der Waals surface area contributed by atoms with Crippen LogP contribution in [0, 0.1) is 0 Å². The third-order valence-corrected chi connectivity index (χ3v) is 7.49. The van der Waals surface area contributed by atoms with Gasteiger partial charge in [0.1, 0.15) is 18.1 Å². The molecule has 0 aromatic carbocycles. The maximum Gasteiger partial charge on any atom is 0.413 e. The van der Waals surface area contributed by atoms with Crippen LogP contribution in [0.25, 0.3) is 0 Å². The number of amides is 3. The molecule has 2 aliphatic rings. The molecule has 2 fully saturated rings. The summed E-state index contributed by atoms with van der Waals surface area (Å²) in [6.07, 6.45) is 6.28. The Labute approximate surface area is 239 Å². The van der Waals surface area contributed by atoms with Gasteiger partial charge in [-0.2, -0.15) is 4.98 Å². The summed E-state index contributed by atoms with van der Waals surface area (Å²) in [4.78, 5) is 47.9. The van der Waals surface area contributed by atoms with Crippen LogP contribution in [0.15, 0.2) is 24.7 Å². The first kappa shape index (κ1) is 30.2. The Hall–Kier alpha value is -3.81. The lowest BCUT2D eigenvalue weighted by atomic mass is 9.96. The highest BCUT2D eigenvalue weighted by molar-refractivity contribution is 5.88. The number of hydrogen-bond acceptors (Lipinski definition) is 10. The summed E-state index contributed by atoms with van der Waals surface area (Å²) in [6.45, 7) is 5.85. The molecule has 224 valence electrons. The second kappa shape index (κ2) is 14.2. The van der Waals surface area contributed by atoms with Crippen LogP contribution >= 0.6 is 0 Å². The van der Waals surface area contributed by atoms with Crippen LogP contribution in [0.5, 0.6) is 5.88 Å². The monoisotopic (exact) mass is 573 g/mol. The van der Waals surface area contributed by atoms with E-state index in [-0.39, 0.29) is 30.7 Å². The molecule has 41 heavy (non-hydrogen) atoms. The molecule has 2 N–H and O–H groups in total. The smallest absolute Gasteiger partial charge is 0.413 e. The molecular weight excluding hydrogens is 533 g/mol. The normalized spacial score (nSPS) is 23.0. The number of anilines is 3. The van der Waals surface area contributed by atoms with E-state index in [1.54, 1.807) is 11.0 Å². The molecule has 4 atom stereocenters. The molecule has 3 amide bonds. The number of rotatable bonds is 9. The van der Waals surface area contributed by atoms with Gasteiger partial charge in [-0.15, -0.1) is 0 Å². The largest absolute Gasteiger partial charge is 0.477 e. The van der Waals surface area contributed by atoms with Gasteiger partial charge in [0.05, 0.1) is 25.0 Å². The molecule has 2 aromatic rings. The fourth-order valence-corrected chi connectivity index (χ4v) is 5.17. The standard InChI is InChI=1S/C27H40FN9O4/c1-5-7-18-14-19(9-12-35(18)3)41-27(39)34-22-8-11-29-25(32-22)37-13-10-20(28)21(17-37)36(4)26(38)33-23-15-31-24(16-30-23)40-6-2/h8,11,15-16,18-21H,5-7,9-10,12-14,17H2,1-4H3,(H,30,33,38)(H,29,32,34,39)/t18-,19+,20-,21+/m1/s1. The van der Waals surface area contributed by atoms with E-state index in [0.717, 1.165) is 32.2 Å². The topological polar surface area (TPSA) is 138 Å². The summed E-state index contributed by atoms with van der Waals surface area (Å²) in [6, 6.07) is 0.700. The molecule has 4 rings (SSSR count). The van der Waals surface area contributed by atoms with E-state index in [9.17, 15) is 14.0 Å². The fraction of sp³-hybridized carbons (Fsp3) is 0.630. The molecule has 0 radical (unpaired) electrons. The Morgan fingerprint density at radius 1 is 1.12 bits per heavy atom. The van der Waals surface area contributed by atoms with Crippen LogP contribution in [-0.2, 0) is 4.74 Å². The van der Waals surface area contributed by atoms with Gasteiger partial charge in [0.2, 0.25) is 11.8 Å². The zero-order valence-corrected chi connectivity index (χ0v) is 24.1. The number of halogens is 1. The van der Waals surface area contributed by atoms with Gasteiger partial charge in [0.25, 0.3) is 0 Å². The molecule has 0 aliphatic carbocycles. The minimum atomic E-state index is -1.24. The van der Waals surface area contributed by atoms with E-state index in [4.69, 9.17) is 9.47 Å². The van der Waals surface area contributed by atoms with Gasteiger partial charge in [-0.3, -0.25) is 10.6 Å². The third-order valence-electron chi connectivity index (χ3n) is 7.49. The summed E-state index contributed by atoms with van der Waals surface area (Å²) in [5, 5.41) is 5.34. The number of piperidine rings is 2. The van der Waals surface area contributed by atoms with Crippen LogP contribution in [0.1, 0.15) is 46.0 Å². The second-order valence-electron chi connectivity index (χ2n) is 10.4. The SMILES string of the molecule is CCC[C@@H]1C[C@@H](OC(=O)Nc2ccnc(N3CC[C@@H](F)[C@@H](N(C)C(=O)Nc4cnc(OCC)cn4)C3)n2)CCN1C. The quantitative estimate of drug-likeness (QED) is 0.458. The van der Waals surface area contributed by atoms with Gasteiger partial charge < -0.3 is 24.2 Å². The number of likely N-dealkylation sites (tertiary alicyclic amines) is 1. The van der Waals surface area contributed by atoms with Crippen molar-refractivity contribution in [1.82, 2.24) is 29.7 Å². The maximum atomic E-state index is 15.0. The van der Waals surface area contributed by atoms with Crippen LogP contribution in [0.4, 0.5) is 31.6 Å². The number of nitrogens with one attached hydrogen (secondary N) is 2. The minimum absolute atomic E-state index is 0.149. The predicted molar refractivity (Wildman–Crippen MR) is 152 cm³/mol. The van der Waals surface area contributed by atoms with Gasteiger partial charge in [-0.05, 0) is 39.3 Å². The number of ether oxygens (including phenoxy) is 2. The molecule has 0 spiro atoms. The summed E-state index contributed by atoms with van der Waals surface area (Å²) < 4.78 is 25.9. The van der Waals surface area contributed by atoms with Crippen molar-refractivity contribution in [3.8, 4) is 5.88 Å². The van der Waals surface area contributed by atoms with Crippen molar-refractivity contribution in [3.05, 3.63) is 24.7 Å². The van der Waals surface area contributed by atoms with Gasteiger partial charge in [0, 0.05) is 45.3 Å². The first-order chi connectivity index (χ1) is 19.8. The Morgan fingerprint density at radius 3 is 2.68 bits per heavy atom. The van der Waals surface area contributed by atoms with Gasteiger partial charge >= 0.3 is 12.1 Å². The fourth-order valence-electron chi connectivity index (χ4n) is 5.17. The van der Waals surface area contributed by atoms with Crippen molar-refractivity contribution < 1.29 is 23.5 Å². The zero-order chi connectivity index (χ0) is 29.4. The average Bonchev–Trinajstić information content (AvgIpc) is 2.96. The van der Waals surface area contributed by atoms with Crippen LogP contribution < -0.4 is 20.3 Å². The van der Waals surface area contributed by atoms with Crippen molar-refractivity contribution >= 4 is 29.7 Å². The first-order valence-corrected chi connectivity index (χ1v) is 14.2. The Kier molecular flexibility index (Phi) is 10.4. The van der Waals surface area contributed by atoms with Crippen LogP contribution in [0.3, 0.4) is 0 Å². The highest BCUT2D eigenvalue weighted by atomic mass is 19.1. The second-order valence-corrected chi connectivity index (χ2v) is 10.4. The van der Waals surface area contributed by atoms with Crippen molar-refractivity contribution in [2.75, 3.05) is 55.9 Å². The van der Waals surface area contributed by atoms with Crippen molar-refractivity contribution in [1.29, 1.82) is 0 Å². The molecule has 0 saturated carbocycles. The number of carbonyl (C=O) groups is 2. The van der Waals surface area contributed by atoms with Gasteiger partial charge in [-0.25, -0.2) is 28.9 Å². The van der Waals surface area contributed by atoms with Crippen molar-refractivity contribution in [3.63, 3.8) is 0 Å². The van der Waals surface area contributed by atoms with Crippen LogP contribution in [0.2, 0.25) is 0 Å². The highest BCUT2D eigenvalue weighted by Crippen LogP contribution is 2.25. The lowest BCUT2D eigenvalue weighted by molar-refractivity contribution is 0.0365. The highest BCUT2D eigenvalue weighted by Gasteiger charge is 2.35. The van der Waals surface area contributed by atoms with Crippen LogP contribution in [-0.4, -0.2) is 107 Å². The molecule has 2 saturated heterocycles. The Balaban J connectivity index is 1.33. The summed E-state index contributed by atoms with van der Waals surface area (Å²) in [7, 11) is 3.64. The number of nitrogens with zero attached hydrogens (tertiary/aromatic N) is 7. The molecule has 14 heteroatoms. The molecular formula is C27H40FN9O4. The summed E-state index contributed by atoms with van der Waals surface area (Å²) in [5.41, 5.74) is 0. The first-order valence-electron chi connectivity index (χ1n) is 14.2. The number of alkyl halides is 1. The summed E-state index contributed by atoms with van der Waals surface area (Å²) in [5.74, 6) is 1.19. The van der Waals surface area contributed by atoms with Gasteiger partial charge in [-0.1, -0.05) is 13.3 Å². The third kappa shape index (κ3) is 8.12. The lowest BCUT2D eigenvalue weighted by Crippen LogP contribution is -2.55. The van der Waals surface area contributed by atoms with E-state index < -0.39 is 24.3 Å². The molecule has 2 aliphatic heterocycles. The molecule has 13 nitrogen and oxygen atoms in total. The number of carbonyl (C=O) groups excluding carboxylic acids is 2. The van der Waals surface area contributed by atoms with E-state index in [2.05, 4.69) is 49.4 Å². The zero-order valence-electron chi connectivity index (χ0n) is 24.1. The average molecular weight is 574 g/mol. The molecule has 0 bridgehead atoms. The minimum Gasteiger partial charge on any atom is -0.477 e.